The topological polar surface area (TPSA) is 49.4 Å². The summed E-state index contributed by atoms with van der Waals surface area (Å²) in [6.45, 7) is 1.63. The maximum atomic E-state index is 11.6. The van der Waals surface area contributed by atoms with E-state index in [4.69, 9.17) is 6.42 Å². The minimum atomic E-state index is -0.209. The fraction of sp³-hybridized carbons (Fsp3) is 0.667. The first-order chi connectivity index (χ1) is 7.70. The van der Waals surface area contributed by atoms with Crippen molar-refractivity contribution in [3.05, 3.63) is 0 Å². The number of carbonyl (C=O) groups is 2. The van der Waals surface area contributed by atoms with Gasteiger partial charge in [0.15, 0.2) is 0 Å². The van der Waals surface area contributed by atoms with Crippen LogP contribution in [0.2, 0.25) is 0 Å². The highest BCUT2D eigenvalue weighted by atomic mass is 16.2. The van der Waals surface area contributed by atoms with E-state index < -0.39 is 0 Å². The van der Waals surface area contributed by atoms with Crippen molar-refractivity contribution in [3.63, 3.8) is 0 Å². The lowest BCUT2D eigenvalue weighted by molar-refractivity contribution is -0.129. The second-order valence-electron chi connectivity index (χ2n) is 4.57. The molecule has 1 atom stereocenters. The molecule has 0 aromatic carbocycles. The third kappa shape index (κ3) is 2.54. The Hall–Kier alpha value is -1.50. The summed E-state index contributed by atoms with van der Waals surface area (Å²) in [5.74, 6) is 2.84. The van der Waals surface area contributed by atoms with Gasteiger partial charge in [-0.1, -0.05) is 5.92 Å². The molecule has 0 aromatic rings. The van der Waals surface area contributed by atoms with Gasteiger partial charge < -0.3 is 10.2 Å². The number of carbonyl (C=O) groups excluding carboxylic acids is 2. The summed E-state index contributed by atoms with van der Waals surface area (Å²) in [6.07, 6.45) is 7.84. The molecule has 0 aromatic heterocycles. The largest absolute Gasteiger partial charge is 0.345 e. The SMILES string of the molecule is C#CCNC(=O)[C@@H]1CC(=O)N(CC2CC2)C1. The van der Waals surface area contributed by atoms with E-state index in [1.165, 1.54) is 12.8 Å². The van der Waals surface area contributed by atoms with Gasteiger partial charge >= 0.3 is 0 Å². The maximum absolute atomic E-state index is 11.6. The summed E-state index contributed by atoms with van der Waals surface area (Å²) in [6, 6.07) is 0. The van der Waals surface area contributed by atoms with Crippen molar-refractivity contribution in [1.29, 1.82) is 0 Å². The van der Waals surface area contributed by atoms with Gasteiger partial charge in [0.2, 0.25) is 11.8 Å². The van der Waals surface area contributed by atoms with Gasteiger partial charge in [-0.3, -0.25) is 9.59 Å². The van der Waals surface area contributed by atoms with Gasteiger partial charge in [0.05, 0.1) is 12.5 Å². The van der Waals surface area contributed by atoms with Crippen molar-refractivity contribution < 1.29 is 9.59 Å². The lowest BCUT2D eigenvalue weighted by atomic mass is 10.1. The average Bonchev–Trinajstić information content (AvgIpc) is 3.00. The zero-order valence-electron chi connectivity index (χ0n) is 9.24. The standard InChI is InChI=1S/C12H16N2O2/c1-2-5-13-12(16)10-6-11(15)14(8-10)7-9-3-4-9/h1,9-10H,3-8H2,(H,13,16)/t10-/m1/s1. The van der Waals surface area contributed by atoms with Crippen LogP contribution in [0.15, 0.2) is 0 Å². The van der Waals surface area contributed by atoms with Gasteiger partial charge in [-0.15, -0.1) is 6.42 Å². The summed E-state index contributed by atoms with van der Waals surface area (Å²) in [4.78, 5) is 25.1. The predicted octanol–water partition coefficient (Wildman–Crippen LogP) is -0.00570. The number of hydrogen-bond donors (Lipinski definition) is 1. The number of nitrogens with zero attached hydrogens (tertiary/aromatic N) is 1. The normalized spacial score (nSPS) is 24.3. The number of terminal acetylenes is 1. The maximum Gasteiger partial charge on any atom is 0.226 e. The highest BCUT2D eigenvalue weighted by Gasteiger charge is 2.36. The van der Waals surface area contributed by atoms with Crippen LogP contribution in [0.5, 0.6) is 0 Å². The van der Waals surface area contributed by atoms with Crippen molar-refractivity contribution in [2.75, 3.05) is 19.6 Å². The first-order valence-electron chi connectivity index (χ1n) is 5.69. The van der Waals surface area contributed by atoms with E-state index in [9.17, 15) is 9.59 Å². The fourth-order valence-corrected chi connectivity index (χ4v) is 2.02. The number of hydrogen-bond acceptors (Lipinski definition) is 2. The Labute approximate surface area is 95.4 Å². The number of rotatable bonds is 4. The minimum absolute atomic E-state index is 0.0930. The van der Waals surface area contributed by atoms with Crippen molar-refractivity contribution in [2.45, 2.75) is 19.3 Å². The lowest BCUT2D eigenvalue weighted by Gasteiger charge is -2.15. The summed E-state index contributed by atoms with van der Waals surface area (Å²) in [5.41, 5.74) is 0. The summed E-state index contributed by atoms with van der Waals surface area (Å²) in [7, 11) is 0. The molecule has 0 spiro atoms. The van der Waals surface area contributed by atoms with E-state index in [1.54, 1.807) is 0 Å². The van der Waals surface area contributed by atoms with Crippen LogP contribution in [0.4, 0.5) is 0 Å². The molecule has 2 aliphatic rings. The van der Waals surface area contributed by atoms with Gasteiger partial charge in [-0.25, -0.2) is 0 Å². The summed E-state index contributed by atoms with van der Waals surface area (Å²) < 4.78 is 0. The molecular formula is C12H16N2O2. The van der Waals surface area contributed by atoms with Crippen molar-refractivity contribution in [2.24, 2.45) is 11.8 Å². The van der Waals surface area contributed by atoms with E-state index in [2.05, 4.69) is 11.2 Å². The highest BCUT2D eigenvalue weighted by Crippen LogP contribution is 2.31. The van der Waals surface area contributed by atoms with E-state index >= 15 is 0 Å². The van der Waals surface area contributed by atoms with E-state index in [0.717, 1.165) is 6.54 Å². The van der Waals surface area contributed by atoms with Gasteiger partial charge in [0.25, 0.3) is 0 Å². The Morgan fingerprint density at radius 2 is 2.31 bits per heavy atom. The first kappa shape index (κ1) is 11.0. The minimum Gasteiger partial charge on any atom is -0.345 e. The van der Waals surface area contributed by atoms with E-state index in [0.29, 0.717) is 18.9 Å². The monoisotopic (exact) mass is 220 g/mol. The Kier molecular flexibility index (Phi) is 3.14. The summed E-state index contributed by atoms with van der Waals surface area (Å²) in [5, 5.41) is 2.63. The Balaban J connectivity index is 1.82. The van der Waals surface area contributed by atoms with Crippen LogP contribution in [0.1, 0.15) is 19.3 Å². The fourth-order valence-electron chi connectivity index (χ4n) is 2.02. The molecule has 0 radical (unpaired) electrons. The van der Waals surface area contributed by atoms with Crippen LogP contribution < -0.4 is 5.32 Å². The molecule has 0 unspecified atom stereocenters. The van der Waals surface area contributed by atoms with Gasteiger partial charge in [-0.2, -0.15) is 0 Å². The zero-order chi connectivity index (χ0) is 11.5. The number of nitrogens with one attached hydrogen (secondary N) is 1. The average molecular weight is 220 g/mol. The van der Waals surface area contributed by atoms with Crippen LogP contribution >= 0.6 is 0 Å². The van der Waals surface area contributed by atoms with Gasteiger partial charge in [0, 0.05) is 19.5 Å². The van der Waals surface area contributed by atoms with Gasteiger partial charge in [0.1, 0.15) is 0 Å². The molecule has 1 saturated heterocycles. The van der Waals surface area contributed by atoms with Crippen LogP contribution in [-0.4, -0.2) is 36.3 Å². The molecule has 1 N–H and O–H groups in total. The van der Waals surface area contributed by atoms with E-state index in [1.807, 2.05) is 4.90 Å². The lowest BCUT2D eigenvalue weighted by Crippen LogP contribution is -2.33. The molecule has 2 rings (SSSR count). The smallest absolute Gasteiger partial charge is 0.226 e. The Morgan fingerprint density at radius 3 is 2.94 bits per heavy atom. The molecule has 2 fully saturated rings. The quantitative estimate of drug-likeness (QED) is 0.678. The molecule has 16 heavy (non-hydrogen) atoms. The van der Waals surface area contributed by atoms with Crippen molar-refractivity contribution >= 4 is 11.8 Å². The second-order valence-corrected chi connectivity index (χ2v) is 4.57. The molecular weight excluding hydrogens is 204 g/mol. The van der Waals surface area contributed by atoms with Crippen molar-refractivity contribution in [1.82, 2.24) is 10.2 Å². The molecule has 1 aliphatic carbocycles. The second kappa shape index (κ2) is 4.56. The predicted molar refractivity (Wildman–Crippen MR) is 59.3 cm³/mol. The zero-order valence-corrected chi connectivity index (χ0v) is 9.24. The molecule has 1 heterocycles. The third-order valence-corrected chi connectivity index (χ3v) is 3.13. The molecule has 4 nitrogen and oxygen atoms in total. The highest BCUT2D eigenvalue weighted by molar-refractivity contribution is 5.89. The number of amides is 2. The number of likely N-dealkylation sites (tertiary alicyclic amines) is 1. The third-order valence-electron chi connectivity index (χ3n) is 3.13. The van der Waals surface area contributed by atoms with Crippen LogP contribution in [0, 0.1) is 24.2 Å². The van der Waals surface area contributed by atoms with Crippen LogP contribution in [-0.2, 0) is 9.59 Å². The first-order valence-corrected chi connectivity index (χ1v) is 5.69. The molecule has 1 saturated carbocycles. The van der Waals surface area contributed by atoms with Crippen LogP contribution in [0.3, 0.4) is 0 Å². The Bertz CT molecular complexity index is 341. The molecule has 1 aliphatic heterocycles. The van der Waals surface area contributed by atoms with Crippen molar-refractivity contribution in [3.8, 4) is 12.3 Å². The summed E-state index contributed by atoms with van der Waals surface area (Å²) >= 11 is 0. The molecule has 2 amide bonds. The molecule has 0 bridgehead atoms. The Morgan fingerprint density at radius 1 is 1.56 bits per heavy atom. The van der Waals surface area contributed by atoms with Crippen LogP contribution in [0.25, 0.3) is 0 Å². The molecule has 86 valence electrons. The van der Waals surface area contributed by atoms with E-state index in [-0.39, 0.29) is 24.3 Å². The van der Waals surface area contributed by atoms with Gasteiger partial charge in [-0.05, 0) is 18.8 Å². The molecule has 4 heteroatoms.